The number of carbonyl (C=O) groups is 1. The normalized spacial score (nSPS) is 16.2. The first kappa shape index (κ1) is 17.0. The van der Waals surface area contributed by atoms with Crippen LogP contribution in [0.25, 0.3) is 0 Å². The number of carbonyl (C=O) groups excluding carboxylic acids is 1. The van der Waals surface area contributed by atoms with E-state index in [9.17, 15) is 4.79 Å². The molecular formula is C18H24N4OS. The van der Waals surface area contributed by atoms with Crippen LogP contribution in [0.5, 0.6) is 0 Å². The Hall–Kier alpha value is -1.82. The number of hydrogen-bond donors (Lipinski definition) is 2. The molecule has 0 aliphatic heterocycles. The molecule has 1 unspecified atom stereocenters. The Kier molecular flexibility index (Phi) is 5.91. The number of nitrogens with one attached hydrogen (secondary N) is 2. The fourth-order valence-electron chi connectivity index (χ4n) is 3.05. The lowest BCUT2D eigenvalue weighted by atomic mass is 10.0. The van der Waals surface area contributed by atoms with E-state index in [-0.39, 0.29) is 5.91 Å². The summed E-state index contributed by atoms with van der Waals surface area (Å²) >= 11 is 1.39. The average molecular weight is 344 g/mol. The molecule has 6 heteroatoms. The molecule has 0 saturated heterocycles. The molecule has 5 nitrogen and oxygen atoms in total. The van der Waals surface area contributed by atoms with Crippen LogP contribution in [0.15, 0.2) is 35.5 Å². The second kappa shape index (κ2) is 8.33. The van der Waals surface area contributed by atoms with Crippen LogP contribution in [0, 0.1) is 0 Å². The van der Waals surface area contributed by atoms with E-state index in [1.54, 1.807) is 0 Å². The molecule has 0 radical (unpaired) electrons. The molecule has 1 amide bonds. The van der Waals surface area contributed by atoms with Crippen LogP contribution < -0.4 is 5.32 Å². The van der Waals surface area contributed by atoms with Crippen LogP contribution in [0.4, 0.5) is 0 Å². The number of nitrogens with zero attached hydrogens (tertiary/aromatic N) is 2. The summed E-state index contributed by atoms with van der Waals surface area (Å²) in [5, 5.41) is 10.9. The summed E-state index contributed by atoms with van der Waals surface area (Å²) < 4.78 is 0. The first-order valence-electron chi connectivity index (χ1n) is 8.59. The Morgan fingerprint density at radius 2 is 2.08 bits per heavy atom. The molecule has 24 heavy (non-hydrogen) atoms. The topological polar surface area (TPSA) is 70.7 Å². The standard InChI is InChI=1S/C18H24N4OS/c1-13(14-7-3-2-4-8-14)11-19-16(23)12-24-18-20-17(21-22-18)15-9-5-6-10-15/h2-4,7-8,13,15H,5-6,9-12H2,1H3,(H,19,23)(H,20,21,22). The minimum absolute atomic E-state index is 0.0231. The van der Waals surface area contributed by atoms with Gasteiger partial charge < -0.3 is 5.32 Å². The van der Waals surface area contributed by atoms with Gasteiger partial charge in [0, 0.05) is 12.5 Å². The fraction of sp³-hybridized carbons (Fsp3) is 0.500. The molecule has 1 atom stereocenters. The molecule has 0 bridgehead atoms. The van der Waals surface area contributed by atoms with Gasteiger partial charge in [0.05, 0.1) is 5.75 Å². The second-order valence-electron chi connectivity index (χ2n) is 6.39. The van der Waals surface area contributed by atoms with E-state index in [2.05, 4.69) is 39.6 Å². The molecule has 1 aliphatic rings. The first-order valence-corrected chi connectivity index (χ1v) is 9.57. The summed E-state index contributed by atoms with van der Waals surface area (Å²) in [4.78, 5) is 16.5. The Bertz CT molecular complexity index is 652. The van der Waals surface area contributed by atoms with Crippen LogP contribution in [-0.2, 0) is 4.79 Å². The summed E-state index contributed by atoms with van der Waals surface area (Å²) in [7, 11) is 0. The third-order valence-electron chi connectivity index (χ3n) is 4.53. The van der Waals surface area contributed by atoms with E-state index in [4.69, 9.17) is 0 Å². The van der Waals surface area contributed by atoms with Crippen LogP contribution in [-0.4, -0.2) is 33.4 Å². The number of amides is 1. The van der Waals surface area contributed by atoms with Crippen molar-refractivity contribution in [1.29, 1.82) is 0 Å². The molecule has 128 valence electrons. The minimum Gasteiger partial charge on any atom is -0.355 e. The van der Waals surface area contributed by atoms with Crippen LogP contribution in [0.1, 0.15) is 55.8 Å². The zero-order chi connectivity index (χ0) is 16.8. The van der Waals surface area contributed by atoms with Crippen molar-refractivity contribution in [2.75, 3.05) is 12.3 Å². The molecule has 3 rings (SSSR count). The molecule has 1 aromatic carbocycles. The molecule has 1 fully saturated rings. The Labute approximate surface area is 147 Å². The van der Waals surface area contributed by atoms with Gasteiger partial charge in [-0.2, -0.15) is 0 Å². The van der Waals surface area contributed by atoms with E-state index in [0.717, 1.165) is 5.82 Å². The quantitative estimate of drug-likeness (QED) is 0.755. The highest BCUT2D eigenvalue weighted by Gasteiger charge is 2.20. The number of benzene rings is 1. The molecule has 1 aliphatic carbocycles. The van der Waals surface area contributed by atoms with Gasteiger partial charge >= 0.3 is 0 Å². The van der Waals surface area contributed by atoms with E-state index < -0.39 is 0 Å². The summed E-state index contributed by atoms with van der Waals surface area (Å²) in [5.74, 6) is 2.18. The maximum absolute atomic E-state index is 12.0. The maximum Gasteiger partial charge on any atom is 0.230 e. The third kappa shape index (κ3) is 4.60. The molecule has 1 aromatic heterocycles. The van der Waals surface area contributed by atoms with Crippen molar-refractivity contribution in [3.63, 3.8) is 0 Å². The minimum atomic E-state index is 0.0231. The van der Waals surface area contributed by atoms with Crippen molar-refractivity contribution >= 4 is 17.7 Å². The highest BCUT2D eigenvalue weighted by molar-refractivity contribution is 7.99. The van der Waals surface area contributed by atoms with Crippen molar-refractivity contribution in [3.05, 3.63) is 41.7 Å². The van der Waals surface area contributed by atoms with E-state index in [1.165, 1.54) is 43.0 Å². The smallest absolute Gasteiger partial charge is 0.230 e. The van der Waals surface area contributed by atoms with Gasteiger partial charge in [-0.05, 0) is 24.3 Å². The van der Waals surface area contributed by atoms with Gasteiger partial charge in [-0.3, -0.25) is 9.89 Å². The zero-order valence-corrected chi connectivity index (χ0v) is 14.8. The van der Waals surface area contributed by atoms with Gasteiger partial charge in [0.15, 0.2) is 0 Å². The van der Waals surface area contributed by atoms with E-state index in [1.807, 2.05) is 18.2 Å². The summed E-state index contributed by atoms with van der Waals surface area (Å²) in [6, 6.07) is 10.2. The Balaban J connectivity index is 1.41. The van der Waals surface area contributed by atoms with Gasteiger partial charge in [0.25, 0.3) is 0 Å². The number of H-pyrrole nitrogens is 1. The predicted octanol–water partition coefficient (Wildman–Crippen LogP) is 3.47. The Morgan fingerprint density at radius 1 is 1.33 bits per heavy atom. The van der Waals surface area contributed by atoms with Gasteiger partial charge in [0.1, 0.15) is 5.82 Å². The zero-order valence-electron chi connectivity index (χ0n) is 14.0. The second-order valence-corrected chi connectivity index (χ2v) is 7.33. The van der Waals surface area contributed by atoms with Crippen molar-refractivity contribution < 1.29 is 4.79 Å². The largest absolute Gasteiger partial charge is 0.355 e. The fourth-order valence-corrected chi connectivity index (χ4v) is 3.69. The molecule has 2 N–H and O–H groups in total. The lowest BCUT2D eigenvalue weighted by Crippen LogP contribution is -2.29. The van der Waals surface area contributed by atoms with Crippen LogP contribution in [0.2, 0.25) is 0 Å². The lowest BCUT2D eigenvalue weighted by molar-refractivity contribution is -0.118. The summed E-state index contributed by atoms with van der Waals surface area (Å²) in [5.41, 5.74) is 1.24. The lowest BCUT2D eigenvalue weighted by Gasteiger charge is -2.12. The average Bonchev–Trinajstić information content (AvgIpc) is 3.29. The maximum atomic E-state index is 12.0. The predicted molar refractivity (Wildman–Crippen MR) is 96.2 cm³/mol. The molecular weight excluding hydrogens is 320 g/mol. The number of rotatable bonds is 7. The van der Waals surface area contributed by atoms with Crippen LogP contribution in [0.3, 0.4) is 0 Å². The number of thioether (sulfide) groups is 1. The number of hydrogen-bond acceptors (Lipinski definition) is 4. The Morgan fingerprint density at radius 3 is 2.83 bits per heavy atom. The van der Waals surface area contributed by atoms with Gasteiger partial charge in [-0.1, -0.05) is 61.9 Å². The van der Waals surface area contributed by atoms with E-state index >= 15 is 0 Å². The monoisotopic (exact) mass is 344 g/mol. The highest BCUT2D eigenvalue weighted by Crippen LogP contribution is 2.32. The number of aromatic amines is 1. The summed E-state index contributed by atoms with van der Waals surface area (Å²) in [6.07, 6.45) is 4.93. The number of aromatic nitrogens is 3. The molecule has 0 spiro atoms. The SMILES string of the molecule is CC(CNC(=O)CSc1n[nH]c(C2CCCC2)n1)c1ccccc1. The third-order valence-corrected chi connectivity index (χ3v) is 5.38. The molecule has 1 saturated carbocycles. The first-order chi connectivity index (χ1) is 11.7. The highest BCUT2D eigenvalue weighted by atomic mass is 32.2. The molecule has 1 heterocycles. The van der Waals surface area contributed by atoms with Gasteiger partial charge in [-0.25, -0.2) is 4.98 Å². The van der Waals surface area contributed by atoms with Crippen LogP contribution >= 0.6 is 11.8 Å². The molecule has 2 aromatic rings. The van der Waals surface area contributed by atoms with Gasteiger partial charge in [0.2, 0.25) is 11.1 Å². The van der Waals surface area contributed by atoms with Crippen molar-refractivity contribution in [2.45, 2.75) is 49.6 Å². The van der Waals surface area contributed by atoms with Crippen molar-refractivity contribution in [3.8, 4) is 0 Å². The van der Waals surface area contributed by atoms with Crippen molar-refractivity contribution in [2.24, 2.45) is 0 Å². The van der Waals surface area contributed by atoms with E-state index in [0.29, 0.717) is 29.3 Å². The van der Waals surface area contributed by atoms with Gasteiger partial charge in [-0.15, -0.1) is 5.10 Å². The van der Waals surface area contributed by atoms with Crippen molar-refractivity contribution in [1.82, 2.24) is 20.5 Å². The summed E-state index contributed by atoms with van der Waals surface area (Å²) in [6.45, 7) is 2.76.